The Labute approximate surface area is 218 Å². The molecule has 1 aromatic carbocycles. The van der Waals surface area contributed by atoms with Crippen molar-refractivity contribution in [3.63, 3.8) is 0 Å². The zero-order valence-corrected chi connectivity index (χ0v) is 22.2. The monoisotopic (exact) mass is 533 g/mol. The Hall–Kier alpha value is -1.53. The maximum atomic E-state index is 13.5. The molecule has 4 nitrogen and oxygen atoms in total. The van der Waals surface area contributed by atoms with E-state index in [0.29, 0.717) is 45.2 Å². The largest absolute Gasteiger partial charge is 0.350 e. The van der Waals surface area contributed by atoms with Crippen molar-refractivity contribution in [3.8, 4) is 16.9 Å². The van der Waals surface area contributed by atoms with Crippen molar-refractivity contribution in [2.45, 2.75) is 46.0 Å². The van der Waals surface area contributed by atoms with Crippen LogP contribution in [0, 0.1) is 23.2 Å². The van der Waals surface area contributed by atoms with Crippen LogP contribution in [0.1, 0.15) is 54.0 Å². The predicted molar refractivity (Wildman–Crippen MR) is 140 cm³/mol. The number of halogens is 3. The maximum absolute atomic E-state index is 13.5. The average molecular weight is 535 g/mol. The number of thiophene rings is 1. The van der Waals surface area contributed by atoms with Gasteiger partial charge < -0.3 is 5.32 Å². The lowest BCUT2D eigenvalue weighted by molar-refractivity contribution is -0.103. The second-order valence-electron chi connectivity index (χ2n) is 10.5. The molecular weight excluding hydrogens is 509 g/mol. The molecule has 7 rings (SSSR count). The van der Waals surface area contributed by atoms with Gasteiger partial charge >= 0.3 is 0 Å². The van der Waals surface area contributed by atoms with Crippen LogP contribution in [0.2, 0.25) is 14.4 Å². The minimum absolute atomic E-state index is 0.107. The molecule has 3 saturated carbocycles. The van der Waals surface area contributed by atoms with Crippen LogP contribution in [0.15, 0.2) is 24.3 Å². The van der Waals surface area contributed by atoms with Crippen LogP contribution in [0.5, 0.6) is 0 Å². The number of nitrogens with zero attached hydrogens (tertiary/aromatic N) is 2. The Kier molecular flexibility index (Phi) is 5.57. The zero-order valence-electron chi connectivity index (χ0n) is 19.1. The molecule has 3 fully saturated rings. The molecule has 2 heterocycles. The van der Waals surface area contributed by atoms with Crippen molar-refractivity contribution >= 4 is 52.0 Å². The highest BCUT2D eigenvalue weighted by atomic mass is 35.5. The summed E-state index contributed by atoms with van der Waals surface area (Å²) in [6, 6.07) is 7.31. The molecule has 3 aromatic rings. The molecule has 3 unspecified atom stereocenters. The molecule has 8 heteroatoms. The SMILES string of the molecule is CC1(C)C2CCC(CNC(=O)c3nn(-c4ccc(Cl)cc4Cl)c4c3CCc3sc(Cl)cc3-4)C1C2. The van der Waals surface area contributed by atoms with Crippen LogP contribution >= 0.6 is 46.1 Å². The topological polar surface area (TPSA) is 46.9 Å². The Morgan fingerprint density at radius 1 is 1.21 bits per heavy atom. The van der Waals surface area contributed by atoms with Gasteiger partial charge in [0.05, 0.1) is 20.7 Å². The number of aryl methyl sites for hydroxylation is 1. The molecule has 0 radical (unpaired) electrons. The normalized spacial score (nSPS) is 24.2. The van der Waals surface area contributed by atoms with Crippen molar-refractivity contribution in [1.29, 1.82) is 0 Å². The van der Waals surface area contributed by atoms with Crippen LogP contribution < -0.4 is 5.32 Å². The molecule has 0 aliphatic heterocycles. The van der Waals surface area contributed by atoms with E-state index >= 15 is 0 Å². The van der Waals surface area contributed by atoms with Crippen molar-refractivity contribution < 1.29 is 4.79 Å². The lowest BCUT2D eigenvalue weighted by atomic mass is 9.45. The highest BCUT2D eigenvalue weighted by Gasteiger charge is 2.54. The number of hydrogen-bond donors (Lipinski definition) is 1. The smallest absolute Gasteiger partial charge is 0.272 e. The summed E-state index contributed by atoms with van der Waals surface area (Å²) in [5, 5.41) is 9.10. The maximum Gasteiger partial charge on any atom is 0.272 e. The lowest BCUT2D eigenvalue weighted by Crippen LogP contribution is -2.54. The van der Waals surface area contributed by atoms with Gasteiger partial charge in [-0.05, 0) is 79.5 Å². The number of aromatic nitrogens is 2. The van der Waals surface area contributed by atoms with Crippen LogP contribution in [0.3, 0.4) is 0 Å². The fourth-order valence-corrected chi connectivity index (χ4v) is 8.27. The summed E-state index contributed by atoms with van der Waals surface area (Å²) < 4.78 is 2.53. The van der Waals surface area contributed by atoms with E-state index in [4.69, 9.17) is 39.9 Å². The van der Waals surface area contributed by atoms with E-state index in [1.165, 1.54) is 24.1 Å². The van der Waals surface area contributed by atoms with Crippen LogP contribution in [0.4, 0.5) is 0 Å². The molecule has 0 spiro atoms. The lowest BCUT2D eigenvalue weighted by Gasteiger charge is -2.60. The Balaban J connectivity index is 1.36. The van der Waals surface area contributed by atoms with E-state index < -0.39 is 0 Å². The molecule has 3 atom stereocenters. The van der Waals surface area contributed by atoms with Gasteiger partial charge in [-0.2, -0.15) is 5.10 Å². The van der Waals surface area contributed by atoms with Gasteiger partial charge in [0.15, 0.2) is 5.69 Å². The molecule has 0 saturated heterocycles. The highest BCUT2D eigenvalue weighted by Crippen LogP contribution is 2.61. The van der Waals surface area contributed by atoms with Gasteiger partial charge in [-0.15, -0.1) is 11.3 Å². The van der Waals surface area contributed by atoms with E-state index in [1.54, 1.807) is 28.2 Å². The number of rotatable bonds is 4. The Morgan fingerprint density at radius 3 is 2.76 bits per heavy atom. The summed E-state index contributed by atoms with van der Waals surface area (Å²) in [6.07, 6.45) is 5.36. The van der Waals surface area contributed by atoms with Gasteiger partial charge in [0, 0.05) is 27.6 Å². The summed E-state index contributed by atoms with van der Waals surface area (Å²) in [6.45, 7) is 5.48. The van der Waals surface area contributed by atoms with Crippen LogP contribution in [-0.4, -0.2) is 22.2 Å². The minimum Gasteiger partial charge on any atom is -0.350 e. The number of fused-ring (bicyclic) bond motifs is 5. The quantitative estimate of drug-likeness (QED) is 0.377. The van der Waals surface area contributed by atoms with Crippen LogP contribution in [-0.2, 0) is 12.8 Å². The number of carbonyl (C=O) groups is 1. The minimum atomic E-state index is -0.107. The fourth-order valence-electron chi connectivity index (χ4n) is 6.51. The molecule has 178 valence electrons. The first kappa shape index (κ1) is 22.9. The van der Waals surface area contributed by atoms with Crippen molar-refractivity contribution in [2.24, 2.45) is 23.2 Å². The molecule has 34 heavy (non-hydrogen) atoms. The molecular formula is C26H26Cl3N3OS. The second-order valence-corrected chi connectivity index (χ2v) is 13.1. The predicted octanol–water partition coefficient (Wildman–Crippen LogP) is 7.46. The van der Waals surface area contributed by atoms with E-state index in [-0.39, 0.29) is 5.91 Å². The number of amides is 1. The number of nitrogens with one attached hydrogen (secondary N) is 1. The van der Waals surface area contributed by atoms with E-state index in [9.17, 15) is 4.79 Å². The van der Waals surface area contributed by atoms with Crippen molar-refractivity contribution in [3.05, 3.63) is 54.8 Å². The number of benzene rings is 1. The van der Waals surface area contributed by atoms with Gasteiger partial charge in [0.2, 0.25) is 0 Å². The molecule has 4 aliphatic carbocycles. The molecule has 2 aromatic heterocycles. The highest BCUT2D eigenvalue weighted by molar-refractivity contribution is 7.16. The Morgan fingerprint density at radius 2 is 2.03 bits per heavy atom. The van der Waals surface area contributed by atoms with E-state index in [1.807, 2.05) is 12.1 Å². The first-order valence-electron chi connectivity index (χ1n) is 11.9. The van der Waals surface area contributed by atoms with E-state index in [0.717, 1.165) is 39.9 Å². The summed E-state index contributed by atoms with van der Waals surface area (Å²) in [5.41, 5.74) is 4.47. The first-order chi connectivity index (χ1) is 16.2. The van der Waals surface area contributed by atoms with Gasteiger partial charge in [-0.1, -0.05) is 48.7 Å². The molecule has 2 bridgehead atoms. The zero-order chi connectivity index (χ0) is 23.8. The summed E-state index contributed by atoms with van der Waals surface area (Å²) >= 11 is 20.7. The first-order valence-corrected chi connectivity index (χ1v) is 13.8. The third-order valence-electron chi connectivity index (χ3n) is 8.50. The molecule has 4 aliphatic rings. The summed E-state index contributed by atoms with van der Waals surface area (Å²) in [4.78, 5) is 14.7. The Bertz CT molecular complexity index is 1310. The van der Waals surface area contributed by atoms with Gasteiger partial charge in [-0.3, -0.25) is 4.79 Å². The molecule has 1 amide bonds. The molecule has 1 N–H and O–H groups in total. The van der Waals surface area contributed by atoms with Crippen LogP contribution in [0.25, 0.3) is 16.9 Å². The number of carbonyl (C=O) groups excluding carboxylic acids is 1. The van der Waals surface area contributed by atoms with Gasteiger partial charge in [-0.25, -0.2) is 4.68 Å². The second kappa shape index (κ2) is 8.26. The standard InChI is InChI=1S/C26H26Cl3N3OS/c1-26(2)14-4-3-13(18(26)9-14)12-30-25(33)23-16-6-8-21-17(11-22(29)34-21)24(16)32(31-23)20-7-5-15(27)10-19(20)28/h5,7,10-11,13-14,18H,3-4,6,8-9,12H2,1-2H3,(H,30,33). The van der Waals surface area contributed by atoms with E-state index in [2.05, 4.69) is 19.2 Å². The third-order valence-corrected chi connectivity index (χ3v) is 10.4. The van der Waals surface area contributed by atoms with Gasteiger partial charge in [0.25, 0.3) is 5.91 Å². The van der Waals surface area contributed by atoms with Gasteiger partial charge in [0.1, 0.15) is 0 Å². The van der Waals surface area contributed by atoms with Crippen molar-refractivity contribution in [2.75, 3.05) is 6.54 Å². The van der Waals surface area contributed by atoms with Crippen molar-refractivity contribution in [1.82, 2.24) is 15.1 Å². The summed E-state index contributed by atoms with van der Waals surface area (Å²) in [5.74, 6) is 1.98. The number of hydrogen-bond acceptors (Lipinski definition) is 3. The average Bonchev–Trinajstić information content (AvgIpc) is 3.37. The summed E-state index contributed by atoms with van der Waals surface area (Å²) in [7, 11) is 0. The fraction of sp³-hybridized carbons (Fsp3) is 0.462. The third kappa shape index (κ3) is 3.54.